The molecular weight excluding hydrogens is 140 g/mol. The van der Waals surface area contributed by atoms with Gasteiger partial charge in [-0.05, 0) is 0 Å². The Labute approximate surface area is 50.1 Å². The first-order valence-corrected chi connectivity index (χ1v) is 3.10. The molecule has 0 nitrogen and oxygen atoms in total. The summed E-state index contributed by atoms with van der Waals surface area (Å²) in [7, 11) is 0. The van der Waals surface area contributed by atoms with Gasteiger partial charge in [-0.25, -0.2) is 0 Å². The molecule has 0 aromatic carbocycles. The minimum Gasteiger partial charge on any atom is -0.0931 e. The monoisotopic (exact) mass is 154 g/mol. The van der Waals surface area contributed by atoms with Gasteiger partial charge in [-0.1, -0.05) is 44.1 Å². The van der Waals surface area contributed by atoms with E-state index in [-0.39, 0.29) is 7.43 Å². The molecular formula is C5H15Br. The highest BCUT2D eigenvalue weighted by atomic mass is 79.9. The van der Waals surface area contributed by atoms with E-state index < -0.39 is 0 Å². The third-order valence-corrected chi connectivity index (χ3v) is 0. The molecule has 0 aromatic rings. The van der Waals surface area contributed by atoms with E-state index in [0.717, 1.165) is 5.33 Å². The Morgan fingerprint density at radius 1 is 1.33 bits per heavy atom. The first kappa shape index (κ1) is 16.1. The van der Waals surface area contributed by atoms with Crippen molar-refractivity contribution in [2.24, 2.45) is 0 Å². The van der Waals surface area contributed by atoms with E-state index in [0.29, 0.717) is 0 Å². The molecule has 0 aliphatic rings. The summed E-state index contributed by atoms with van der Waals surface area (Å²) < 4.78 is 0. The van der Waals surface area contributed by atoms with Crippen LogP contribution in [0.5, 0.6) is 0 Å². The van der Waals surface area contributed by atoms with Gasteiger partial charge in [0.2, 0.25) is 0 Å². The van der Waals surface area contributed by atoms with Crippen molar-refractivity contribution in [1.82, 2.24) is 0 Å². The van der Waals surface area contributed by atoms with Crippen LogP contribution in [-0.2, 0) is 0 Å². The van der Waals surface area contributed by atoms with E-state index in [1.807, 2.05) is 20.8 Å². The van der Waals surface area contributed by atoms with Gasteiger partial charge in [0.05, 0.1) is 0 Å². The Balaban J connectivity index is -0.0000000275. The predicted molar refractivity (Wildman–Crippen MR) is 37.5 cm³/mol. The zero-order valence-electron chi connectivity index (χ0n) is 4.09. The Hall–Kier alpha value is 0.480. The summed E-state index contributed by atoms with van der Waals surface area (Å²) in [4.78, 5) is 0. The third kappa shape index (κ3) is 235. The molecule has 0 atom stereocenters. The Morgan fingerprint density at radius 2 is 1.33 bits per heavy atom. The molecule has 0 spiro atoms. The lowest BCUT2D eigenvalue weighted by Crippen LogP contribution is -1.34. The van der Waals surface area contributed by atoms with E-state index >= 15 is 0 Å². The molecule has 0 radical (unpaired) electrons. The lowest BCUT2D eigenvalue weighted by molar-refractivity contribution is 1.50. The molecule has 0 saturated carbocycles. The van der Waals surface area contributed by atoms with Gasteiger partial charge in [0.15, 0.2) is 0 Å². The molecule has 0 saturated heterocycles. The van der Waals surface area contributed by atoms with Crippen molar-refractivity contribution in [3.8, 4) is 0 Å². The van der Waals surface area contributed by atoms with Crippen LogP contribution < -0.4 is 0 Å². The highest BCUT2D eigenvalue weighted by Crippen LogP contribution is 1.67. The number of alkyl halides is 1. The average molecular weight is 155 g/mol. The van der Waals surface area contributed by atoms with Crippen LogP contribution in [-0.4, -0.2) is 5.33 Å². The van der Waals surface area contributed by atoms with Gasteiger partial charge < -0.3 is 0 Å². The molecule has 0 bridgehead atoms. The average Bonchev–Trinajstić information content (AvgIpc) is 1.46. The van der Waals surface area contributed by atoms with Gasteiger partial charge in [0.1, 0.15) is 0 Å². The smallest absolute Gasteiger partial charge is 0.000281 e. The molecule has 0 aliphatic carbocycles. The minimum absolute atomic E-state index is 0. The van der Waals surface area contributed by atoms with Gasteiger partial charge in [-0.2, -0.15) is 0 Å². The lowest BCUT2D eigenvalue weighted by atomic mass is 11.0. The summed E-state index contributed by atoms with van der Waals surface area (Å²) in [5, 5.41) is 1.06. The van der Waals surface area contributed by atoms with Crippen LogP contribution in [0.3, 0.4) is 0 Å². The zero-order chi connectivity index (χ0) is 4.71. The number of rotatable bonds is 0. The number of halogens is 1. The second kappa shape index (κ2) is 50.2. The van der Waals surface area contributed by atoms with E-state index in [9.17, 15) is 0 Å². The van der Waals surface area contributed by atoms with Crippen molar-refractivity contribution in [2.75, 3.05) is 5.33 Å². The fraction of sp³-hybridized carbons (Fsp3) is 1.00. The maximum Gasteiger partial charge on any atom is 0.000281 e. The number of hydrogen-bond donors (Lipinski definition) is 0. The van der Waals surface area contributed by atoms with Gasteiger partial charge in [0, 0.05) is 5.33 Å². The minimum atomic E-state index is 0. The van der Waals surface area contributed by atoms with Crippen molar-refractivity contribution in [3.63, 3.8) is 0 Å². The maximum atomic E-state index is 3.15. The Morgan fingerprint density at radius 3 is 1.33 bits per heavy atom. The molecule has 0 aromatic heterocycles. The second-order valence-electron chi connectivity index (χ2n) is 0.267. The first-order valence-electron chi connectivity index (χ1n) is 1.97. The van der Waals surface area contributed by atoms with E-state index in [4.69, 9.17) is 0 Å². The summed E-state index contributed by atoms with van der Waals surface area (Å²) in [6, 6.07) is 0. The standard InChI is InChI=1S/C2H5Br.C2H6.CH4/c1-2-3;1-2;/h2H2,1H3;1-2H3;1H4. The molecule has 0 fully saturated rings. The van der Waals surface area contributed by atoms with Crippen molar-refractivity contribution < 1.29 is 0 Å². The summed E-state index contributed by atoms with van der Waals surface area (Å²) in [5.41, 5.74) is 0. The molecule has 1 heteroatoms. The van der Waals surface area contributed by atoms with Crippen LogP contribution in [0.4, 0.5) is 0 Å². The van der Waals surface area contributed by atoms with Crippen LogP contribution in [0.25, 0.3) is 0 Å². The summed E-state index contributed by atoms with van der Waals surface area (Å²) in [5.74, 6) is 0. The topological polar surface area (TPSA) is 0 Å². The van der Waals surface area contributed by atoms with Crippen LogP contribution >= 0.6 is 15.9 Å². The van der Waals surface area contributed by atoms with Crippen molar-refractivity contribution in [1.29, 1.82) is 0 Å². The fourth-order valence-corrected chi connectivity index (χ4v) is 0. The van der Waals surface area contributed by atoms with Crippen LogP contribution in [0.2, 0.25) is 0 Å². The molecule has 6 heavy (non-hydrogen) atoms. The quantitative estimate of drug-likeness (QED) is 0.471. The fourth-order valence-electron chi connectivity index (χ4n) is 0. The zero-order valence-corrected chi connectivity index (χ0v) is 5.67. The molecule has 0 heterocycles. The third-order valence-electron chi connectivity index (χ3n) is 0. The Bertz CT molecular complexity index is 3.90. The molecule has 42 valence electrons. The lowest BCUT2D eigenvalue weighted by Gasteiger charge is -1.45. The molecule has 0 rings (SSSR count). The van der Waals surface area contributed by atoms with Gasteiger partial charge >= 0.3 is 0 Å². The van der Waals surface area contributed by atoms with Gasteiger partial charge in [-0.15, -0.1) is 0 Å². The largest absolute Gasteiger partial charge is 0.0931 e. The van der Waals surface area contributed by atoms with Crippen molar-refractivity contribution in [2.45, 2.75) is 28.2 Å². The van der Waals surface area contributed by atoms with E-state index in [1.54, 1.807) is 0 Å². The predicted octanol–water partition coefficient (Wildman–Crippen LogP) is 3.06. The van der Waals surface area contributed by atoms with Crippen LogP contribution in [0, 0.1) is 0 Å². The highest BCUT2D eigenvalue weighted by molar-refractivity contribution is 9.09. The molecule has 0 N–H and O–H groups in total. The van der Waals surface area contributed by atoms with Crippen LogP contribution in [0.1, 0.15) is 28.2 Å². The summed E-state index contributed by atoms with van der Waals surface area (Å²) in [6.07, 6.45) is 0. The second-order valence-corrected chi connectivity index (χ2v) is 1.39. The van der Waals surface area contributed by atoms with E-state index in [2.05, 4.69) is 15.9 Å². The molecule has 0 amide bonds. The van der Waals surface area contributed by atoms with Gasteiger partial charge in [0.25, 0.3) is 0 Å². The highest BCUT2D eigenvalue weighted by Gasteiger charge is 1.38. The summed E-state index contributed by atoms with van der Waals surface area (Å²) in [6.45, 7) is 6.04. The van der Waals surface area contributed by atoms with Crippen LogP contribution in [0.15, 0.2) is 0 Å². The van der Waals surface area contributed by atoms with Crippen molar-refractivity contribution in [3.05, 3.63) is 0 Å². The Kier molecular flexibility index (Phi) is 134. The first-order chi connectivity index (χ1) is 2.41. The number of hydrogen-bond acceptors (Lipinski definition) is 0. The summed E-state index contributed by atoms with van der Waals surface area (Å²) >= 11 is 3.15. The SMILES string of the molecule is C.CC.CCBr. The van der Waals surface area contributed by atoms with Crippen molar-refractivity contribution >= 4 is 15.9 Å². The molecule has 0 unspecified atom stereocenters. The normalized spacial score (nSPS) is 4.00. The molecule has 0 aliphatic heterocycles. The van der Waals surface area contributed by atoms with Gasteiger partial charge in [-0.3, -0.25) is 0 Å². The maximum absolute atomic E-state index is 3.15. The van der Waals surface area contributed by atoms with E-state index in [1.165, 1.54) is 0 Å².